The minimum Gasteiger partial charge on any atom is -0.484 e. The molecule has 0 aliphatic carbocycles. The first-order valence-corrected chi connectivity index (χ1v) is 10.1. The number of allylic oxidation sites excluding steroid dienone is 1. The molecule has 0 fully saturated rings. The minimum atomic E-state index is -0.0257. The lowest BCUT2D eigenvalue weighted by Crippen LogP contribution is -1.94. The molecular weight excluding hydrogens is 403 g/mol. The molecule has 1 aromatic carbocycles. The monoisotopic (exact) mass is 420 g/mol. The van der Waals surface area contributed by atoms with Crippen LogP contribution in [0.15, 0.2) is 53.0 Å². The number of halogens is 2. The van der Waals surface area contributed by atoms with Gasteiger partial charge < -0.3 is 9.15 Å². The zero-order valence-electron chi connectivity index (χ0n) is 14.7. The van der Waals surface area contributed by atoms with Crippen LogP contribution in [0.4, 0.5) is 0 Å². The number of carbonyl (C=O) groups excluding carboxylic acids is 1. The first-order valence-electron chi connectivity index (χ1n) is 8.53. The molecule has 0 spiro atoms. The molecule has 140 valence electrons. The fraction of sp³-hybridized carbons (Fsp3) is 0.190. The number of benzene rings is 1. The predicted molar refractivity (Wildman–Crippen MR) is 111 cm³/mol. The summed E-state index contributed by atoms with van der Waals surface area (Å²) in [5.41, 5.74) is 0. The lowest BCUT2D eigenvalue weighted by atomic mass is 10.2. The van der Waals surface area contributed by atoms with E-state index in [9.17, 15) is 4.79 Å². The molecule has 3 nitrogen and oxygen atoms in total. The Morgan fingerprint density at radius 1 is 1.19 bits per heavy atom. The maximum atomic E-state index is 12.3. The minimum absolute atomic E-state index is 0.0257. The van der Waals surface area contributed by atoms with E-state index in [-0.39, 0.29) is 12.4 Å². The van der Waals surface area contributed by atoms with E-state index in [0.29, 0.717) is 27.3 Å². The fourth-order valence-corrected chi connectivity index (χ4v) is 3.81. The SMILES string of the molecule is CCCc1ccc(C(=O)/C=C/c2ccc(COc3cccc(Cl)c3Cl)o2)s1. The quantitative estimate of drug-likeness (QED) is 0.288. The standard InChI is InChI=1S/C21H18Cl2O3S/c1-2-4-16-10-12-20(27-16)18(24)11-9-14-7-8-15(26-14)13-25-19-6-3-5-17(22)21(19)23/h3,5-12H,2,4,13H2,1H3/b11-9+. The van der Waals surface area contributed by atoms with Crippen molar-refractivity contribution in [3.8, 4) is 5.75 Å². The number of hydrogen-bond acceptors (Lipinski definition) is 4. The number of ether oxygens (including phenoxy) is 1. The largest absolute Gasteiger partial charge is 0.484 e. The molecule has 0 aliphatic heterocycles. The van der Waals surface area contributed by atoms with Gasteiger partial charge in [-0.1, -0.05) is 42.6 Å². The molecule has 27 heavy (non-hydrogen) atoms. The van der Waals surface area contributed by atoms with Gasteiger partial charge >= 0.3 is 0 Å². The van der Waals surface area contributed by atoms with Crippen LogP contribution in [0.3, 0.4) is 0 Å². The first kappa shape index (κ1) is 19.7. The highest BCUT2D eigenvalue weighted by atomic mass is 35.5. The highest BCUT2D eigenvalue weighted by Crippen LogP contribution is 2.32. The number of rotatable bonds is 8. The lowest BCUT2D eigenvalue weighted by molar-refractivity contribution is 0.105. The van der Waals surface area contributed by atoms with Gasteiger partial charge in [0.25, 0.3) is 0 Å². The van der Waals surface area contributed by atoms with Crippen molar-refractivity contribution in [3.05, 3.63) is 79.9 Å². The molecule has 2 heterocycles. The van der Waals surface area contributed by atoms with E-state index in [0.717, 1.165) is 17.7 Å². The van der Waals surface area contributed by atoms with Crippen molar-refractivity contribution in [1.29, 1.82) is 0 Å². The molecule has 0 unspecified atom stereocenters. The highest BCUT2D eigenvalue weighted by Gasteiger charge is 2.09. The van der Waals surface area contributed by atoms with Crippen molar-refractivity contribution in [2.24, 2.45) is 0 Å². The topological polar surface area (TPSA) is 39.4 Å². The van der Waals surface area contributed by atoms with Gasteiger partial charge in [0, 0.05) is 4.88 Å². The van der Waals surface area contributed by atoms with Crippen molar-refractivity contribution in [2.75, 3.05) is 0 Å². The molecule has 0 radical (unpaired) electrons. The van der Waals surface area contributed by atoms with E-state index in [1.807, 2.05) is 12.1 Å². The van der Waals surface area contributed by atoms with E-state index in [2.05, 4.69) is 6.92 Å². The van der Waals surface area contributed by atoms with Crippen LogP contribution in [0, 0.1) is 0 Å². The molecule has 0 saturated heterocycles. The van der Waals surface area contributed by atoms with Gasteiger partial charge in [0.2, 0.25) is 0 Å². The Hall–Kier alpha value is -2.01. The summed E-state index contributed by atoms with van der Waals surface area (Å²) in [7, 11) is 0. The van der Waals surface area contributed by atoms with Gasteiger partial charge in [-0.05, 0) is 55.0 Å². The summed E-state index contributed by atoms with van der Waals surface area (Å²) < 4.78 is 11.3. The van der Waals surface area contributed by atoms with Crippen LogP contribution in [-0.4, -0.2) is 5.78 Å². The maximum absolute atomic E-state index is 12.3. The van der Waals surface area contributed by atoms with Crippen molar-refractivity contribution in [1.82, 2.24) is 0 Å². The second kappa shape index (κ2) is 9.27. The van der Waals surface area contributed by atoms with E-state index in [1.165, 1.54) is 22.3 Å². The molecule has 6 heteroatoms. The molecule has 0 amide bonds. The third-order valence-electron chi connectivity index (χ3n) is 3.77. The van der Waals surface area contributed by atoms with Crippen molar-refractivity contribution < 1.29 is 13.9 Å². The van der Waals surface area contributed by atoms with E-state index in [1.54, 1.807) is 36.4 Å². The number of thiophene rings is 1. The summed E-state index contributed by atoms with van der Waals surface area (Å²) in [6.07, 6.45) is 5.26. The van der Waals surface area contributed by atoms with Crippen molar-refractivity contribution in [3.63, 3.8) is 0 Å². The second-order valence-electron chi connectivity index (χ2n) is 5.86. The Morgan fingerprint density at radius 2 is 2.04 bits per heavy atom. The smallest absolute Gasteiger partial charge is 0.195 e. The van der Waals surface area contributed by atoms with Crippen LogP contribution >= 0.6 is 34.5 Å². The van der Waals surface area contributed by atoms with Crippen LogP contribution in [0.25, 0.3) is 6.08 Å². The van der Waals surface area contributed by atoms with Crippen molar-refractivity contribution >= 4 is 46.4 Å². The number of aryl methyl sites for hydroxylation is 1. The molecule has 0 N–H and O–H groups in total. The maximum Gasteiger partial charge on any atom is 0.195 e. The van der Waals surface area contributed by atoms with Crippen LogP contribution in [0.1, 0.15) is 39.4 Å². The third kappa shape index (κ3) is 5.25. The van der Waals surface area contributed by atoms with Gasteiger partial charge in [-0.3, -0.25) is 4.79 Å². The Morgan fingerprint density at radius 3 is 2.85 bits per heavy atom. The van der Waals surface area contributed by atoms with Crippen LogP contribution in [0.5, 0.6) is 5.75 Å². The van der Waals surface area contributed by atoms with Gasteiger partial charge in [-0.25, -0.2) is 0 Å². The molecular formula is C21H18Cl2O3S. The third-order valence-corrected chi connectivity index (χ3v) is 5.73. The van der Waals surface area contributed by atoms with E-state index < -0.39 is 0 Å². The first-order chi connectivity index (χ1) is 13.1. The summed E-state index contributed by atoms with van der Waals surface area (Å²) in [5, 5.41) is 0.807. The van der Waals surface area contributed by atoms with Crippen LogP contribution < -0.4 is 4.74 Å². The Balaban J connectivity index is 1.59. The molecule has 3 aromatic rings. The molecule has 0 atom stereocenters. The lowest BCUT2D eigenvalue weighted by Gasteiger charge is -2.06. The Bertz CT molecular complexity index is 956. The summed E-state index contributed by atoms with van der Waals surface area (Å²) in [5.74, 6) is 1.68. The Kier molecular flexibility index (Phi) is 6.78. The van der Waals surface area contributed by atoms with Crippen LogP contribution in [0.2, 0.25) is 10.0 Å². The normalized spacial score (nSPS) is 11.2. The Labute approximate surface area is 172 Å². The zero-order chi connectivity index (χ0) is 19.2. The number of hydrogen-bond donors (Lipinski definition) is 0. The van der Waals surface area contributed by atoms with Crippen molar-refractivity contribution in [2.45, 2.75) is 26.4 Å². The highest BCUT2D eigenvalue weighted by molar-refractivity contribution is 7.14. The van der Waals surface area contributed by atoms with E-state index >= 15 is 0 Å². The summed E-state index contributed by atoms with van der Waals surface area (Å²) in [4.78, 5) is 14.2. The number of carbonyl (C=O) groups is 1. The van der Waals surface area contributed by atoms with Crippen LogP contribution in [-0.2, 0) is 13.0 Å². The molecule has 3 rings (SSSR count). The average molecular weight is 421 g/mol. The van der Waals surface area contributed by atoms with Gasteiger partial charge in [0.15, 0.2) is 5.78 Å². The molecule has 0 saturated carbocycles. The summed E-state index contributed by atoms with van der Waals surface area (Å²) in [6.45, 7) is 2.34. The predicted octanol–water partition coefficient (Wildman–Crippen LogP) is 7.08. The summed E-state index contributed by atoms with van der Waals surface area (Å²) in [6, 6.07) is 12.7. The fourth-order valence-electron chi connectivity index (χ4n) is 2.44. The zero-order valence-corrected chi connectivity index (χ0v) is 17.0. The second-order valence-corrected chi connectivity index (χ2v) is 7.81. The van der Waals surface area contributed by atoms with E-state index in [4.69, 9.17) is 32.4 Å². The van der Waals surface area contributed by atoms with Gasteiger partial charge in [0.1, 0.15) is 28.9 Å². The average Bonchev–Trinajstić information content (AvgIpc) is 3.31. The summed E-state index contributed by atoms with van der Waals surface area (Å²) >= 11 is 13.6. The number of furan rings is 1. The number of ketones is 1. The molecule has 2 aromatic heterocycles. The van der Waals surface area contributed by atoms with Gasteiger partial charge in [0.05, 0.1) is 9.90 Å². The molecule has 0 aliphatic rings. The van der Waals surface area contributed by atoms with Gasteiger partial charge in [-0.2, -0.15) is 0 Å². The molecule has 0 bridgehead atoms. The van der Waals surface area contributed by atoms with Gasteiger partial charge in [-0.15, -0.1) is 11.3 Å².